The van der Waals surface area contributed by atoms with Crippen LogP contribution in [0.4, 0.5) is 26.3 Å². The Morgan fingerprint density at radius 2 is 1.71 bits per heavy atom. The van der Waals surface area contributed by atoms with E-state index in [0.29, 0.717) is 19.2 Å². The normalized spacial score (nSPS) is 19.0. The minimum Gasteiger partial charge on any atom is -0.314 e. The summed E-state index contributed by atoms with van der Waals surface area (Å²) >= 11 is 0. The van der Waals surface area contributed by atoms with Crippen LogP contribution in [0.2, 0.25) is 0 Å². The molecular weight excluding hydrogens is 298 g/mol. The quantitative estimate of drug-likeness (QED) is 0.863. The number of nitrogens with zero attached hydrogens (tertiary/aromatic N) is 1. The minimum atomic E-state index is -4.91. The number of rotatable bonds is 3. The summed E-state index contributed by atoms with van der Waals surface area (Å²) in [5.74, 6) is -1.62. The monoisotopic (exact) mass is 312 g/mol. The molecule has 0 unspecified atom stereocenters. The summed E-state index contributed by atoms with van der Waals surface area (Å²) in [7, 11) is 0. The summed E-state index contributed by atoms with van der Waals surface area (Å²) in [6.07, 6.45) is -7.88. The van der Waals surface area contributed by atoms with Crippen molar-refractivity contribution < 1.29 is 26.3 Å². The highest BCUT2D eigenvalue weighted by Crippen LogP contribution is 2.37. The molecule has 2 nitrogen and oxygen atoms in total. The molecule has 21 heavy (non-hydrogen) atoms. The van der Waals surface area contributed by atoms with Gasteiger partial charge in [0, 0.05) is 31.7 Å². The van der Waals surface area contributed by atoms with Gasteiger partial charge in [0.25, 0.3) is 6.43 Å². The van der Waals surface area contributed by atoms with Gasteiger partial charge in [0.2, 0.25) is 0 Å². The molecule has 1 aromatic carbocycles. The van der Waals surface area contributed by atoms with E-state index < -0.39 is 35.6 Å². The van der Waals surface area contributed by atoms with Gasteiger partial charge in [-0.25, -0.2) is 13.2 Å². The summed E-state index contributed by atoms with van der Waals surface area (Å²) in [6.45, 7) is 1.32. The Bertz CT molecular complexity index is 482. The maximum absolute atomic E-state index is 14.0. The van der Waals surface area contributed by atoms with Crippen molar-refractivity contribution in [2.75, 3.05) is 26.2 Å². The first kappa shape index (κ1) is 16.1. The van der Waals surface area contributed by atoms with E-state index in [2.05, 4.69) is 5.32 Å². The topological polar surface area (TPSA) is 15.3 Å². The van der Waals surface area contributed by atoms with Crippen LogP contribution in [0.3, 0.4) is 0 Å². The van der Waals surface area contributed by atoms with Gasteiger partial charge in [-0.15, -0.1) is 0 Å². The van der Waals surface area contributed by atoms with E-state index in [1.807, 2.05) is 0 Å². The Morgan fingerprint density at radius 3 is 2.24 bits per heavy atom. The molecule has 1 N–H and O–H groups in total. The van der Waals surface area contributed by atoms with E-state index in [0.717, 1.165) is 12.1 Å². The van der Waals surface area contributed by atoms with Crippen LogP contribution in [0.1, 0.15) is 17.2 Å². The lowest BCUT2D eigenvalue weighted by atomic mass is 10.0. The van der Waals surface area contributed by atoms with Crippen LogP contribution in [0.5, 0.6) is 0 Å². The standard InChI is InChI=1S/C13H14F6N2/c14-10-8(2-1-3-9(10)13(17,18)19)11(12(15)16)21-6-4-20-5-7-21/h1-3,11-12,20H,4-7H2/t11-/m0/s1. The molecule has 0 aliphatic carbocycles. The lowest BCUT2D eigenvalue weighted by molar-refractivity contribution is -0.140. The smallest absolute Gasteiger partial charge is 0.314 e. The fourth-order valence-electron chi connectivity index (χ4n) is 2.45. The first-order valence-corrected chi connectivity index (χ1v) is 6.41. The Morgan fingerprint density at radius 1 is 1.10 bits per heavy atom. The van der Waals surface area contributed by atoms with Crippen LogP contribution < -0.4 is 5.32 Å². The SMILES string of the molecule is Fc1c([C@@H](C(F)F)N2CCNCC2)cccc1C(F)(F)F. The number of nitrogens with one attached hydrogen (secondary N) is 1. The molecule has 1 aromatic rings. The molecule has 0 radical (unpaired) electrons. The number of piperazine rings is 1. The highest BCUT2D eigenvalue weighted by atomic mass is 19.4. The molecule has 8 heteroatoms. The summed E-state index contributed by atoms with van der Waals surface area (Å²) < 4.78 is 78.6. The number of benzene rings is 1. The molecular formula is C13H14F6N2. The first-order valence-electron chi connectivity index (χ1n) is 6.41. The van der Waals surface area contributed by atoms with Crippen molar-refractivity contribution in [3.63, 3.8) is 0 Å². The number of alkyl halides is 5. The molecule has 2 rings (SSSR count). The number of hydrogen-bond donors (Lipinski definition) is 1. The van der Waals surface area contributed by atoms with Gasteiger partial charge < -0.3 is 5.32 Å². The molecule has 1 atom stereocenters. The largest absolute Gasteiger partial charge is 0.419 e. The van der Waals surface area contributed by atoms with Crippen molar-refractivity contribution in [3.8, 4) is 0 Å². The van der Waals surface area contributed by atoms with E-state index in [9.17, 15) is 26.3 Å². The van der Waals surface area contributed by atoms with Gasteiger partial charge in [0.15, 0.2) is 0 Å². The predicted octanol–water partition coefficient (Wildman–Crippen LogP) is 3.06. The van der Waals surface area contributed by atoms with Crippen LogP contribution in [0, 0.1) is 5.82 Å². The van der Waals surface area contributed by atoms with E-state index in [1.54, 1.807) is 0 Å². The summed E-state index contributed by atoms with van der Waals surface area (Å²) in [4.78, 5) is 1.31. The van der Waals surface area contributed by atoms with E-state index in [-0.39, 0.29) is 13.1 Å². The van der Waals surface area contributed by atoms with Crippen molar-refractivity contribution >= 4 is 0 Å². The maximum atomic E-state index is 14.0. The third kappa shape index (κ3) is 3.49. The molecule has 0 bridgehead atoms. The van der Waals surface area contributed by atoms with Gasteiger partial charge in [-0.3, -0.25) is 4.90 Å². The average molecular weight is 312 g/mol. The fourth-order valence-corrected chi connectivity index (χ4v) is 2.45. The van der Waals surface area contributed by atoms with Gasteiger partial charge in [-0.1, -0.05) is 12.1 Å². The Hall–Kier alpha value is -1.28. The van der Waals surface area contributed by atoms with Gasteiger partial charge in [-0.05, 0) is 6.07 Å². The third-order valence-corrected chi connectivity index (χ3v) is 3.44. The summed E-state index contributed by atoms with van der Waals surface area (Å²) in [6, 6.07) is 0.830. The molecule has 1 saturated heterocycles. The van der Waals surface area contributed by atoms with Crippen LogP contribution in [-0.2, 0) is 6.18 Å². The minimum absolute atomic E-state index is 0.227. The van der Waals surface area contributed by atoms with Crippen molar-refractivity contribution in [3.05, 3.63) is 35.1 Å². The van der Waals surface area contributed by atoms with Crippen LogP contribution in [0.25, 0.3) is 0 Å². The van der Waals surface area contributed by atoms with Crippen molar-refractivity contribution in [2.45, 2.75) is 18.6 Å². The van der Waals surface area contributed by atoms with Gasteiger partial charge in [-0.2, -0.15) is 13.2 Å². The highest BCUT2D eigenvalue weighted by Gasteiger charge is 2.38. The zero-order chi connectivity index (χ0) is 15.6. The zero-order valence-corrected chi connectivity index (χ0v) is 10.9. The highest BCUT2D eigenvalue weighted by molar-refractivity contribution is 5.31. The van der Waals surface area contributed by atoms with Gasteiger partial charge in [0.1, 0.15) is 5.82 Å². The first-order chi connectivity index (χ1) is 9.82. The molecule has 0 spiro atoms. The van der Waals surface area contributed by atoms with E-state index in [4.69, 9.17) is 0 Å². The molecule has 0 amide bonds. The Labute approximate surface area is 117 Å². The number of halogens is 6. The number of hydrogen-bond acceptors (Lipinski definition) is 2. The van der Waals surface area contributed by atoms with Gasteiger partial charge in [0.05, 0.1) is 11.6 Å². The third-order valence-electron chi connectivity index (χ3n) is 3.44. The second-order valence-corrected chi connectivity index (χ2v) is 4.77. The summed E-state index contributed by atoms with van der Waals surface area (Å²) in [5.41, 5.74) is -2.12. The predicted molar refractivity (Wildman–Crippen MR) is 64.6 cm³/mol. The van der Waals surface area contributed by atoms with Crippen molar-refractivity contribution in [1.29, 1.82) is 0 Å². The van der Waals surface area contributed by atoms with E-state index >= 15 is 0 Å². The van der Waals surface area contributed by atoms with Gasteiger partial charge >= 0.3 is 6.18 Å². The van der Waals surface area contributed by atoms with Crippen LogP contribution >= 0.6 is 0 Å². The molecule has 118 valence electrons. The maximum Gasteiger partial charge on any atom is 0.419 e. The molecule has 1 heterocycles. The van der Waals surface area contributed by atoms with Crippen molar-refractivity contribution in [1.82, 2.24) is 10.2 Å². The average Bonchev–Trinajstić information content (AvgIpc) is 2.40. The second-order valence-electron chi connectivity index (χ2n) is 4.77. The lowest BCUT2D eigenvalue weighted by Gasteiger charge is -2.35. The lowest BCUT2D eigenvalue weighted by Crippen LogP contribution is -2.47. The Balaban J connectivity index is 2.41. The van der Waals surface area contributed by atoms with Crippen molar-refractivity contribution in [2.24, 2.45) is 0 Å². The second kappa shape index (κ2) is 6.23. The molecule has 1 aliphatic heterocycles. The zero-order valence-electron chi connectivity index (χ0n) is 10.9. The molecule has 0 saturated carbocycles. The summed E-state index contributed by atoms with van der Waals surface area (Å²) in [5, 5.41) is 2.95. The molecule has 1 fully saturated rings. The van der Waals surface area contributed by atoms with E-state index in [1.165, 1.54) is 4.90 Å². The Kier molecular flexibility index (Phi) is 4.77. The van der Waals surface area contributed by atoms with Crippen LogP contribution in [0.15, 0.2) is 18.2 Å². The molecule has 0 aromatic heterocycles. The van der Waals surface area contributed by atoms with Crippen LogP contribution in [-0.4, -0.2) is 37.5 Å². The molecule has 1 aliphatic rings. The fraction of sp³-hybridized carbons (Fsp3) is 0.538.